The van der Waals surface area contributed by atoms with Crippen LogP contribution in [0, 0.1) is 23.0 Å². The van der Waals surface area contributed by atoms with Crippen molar-refractivity contribution >= 4 is 6.03 Å². The molecule has 1 atom stereocenters. The maximum absolute atomic E-state index is 14.9. The minimum absolute atomic E-state index is 0.000957. The van der Waals surface area contributed by atoms with Crippen LogP contribution in [-0.4, -0.2) is 38.0 Å². The van der Waals surface area contributed by atoms with Crippen molar-refractivity contribution in [2.75, 3.05) is 13.7 Å². The number of nitrogens with zero attached hydrogens (tertiary/aromatic N) is 1. The molecule has 2 amide bonds. The van der Waals surface area contributed by atoms with E-state index in [-0.39, 0.29) is 23.3 Å². The Balaban J connectivity index is 2.28. The van der Waals surface area contributed by atoms with Crippen molar-refractivity contribution in [1.29, 1.82) is 5.26 Å². The maximum Gasteiger partial charge on any atom is 0.348 e. The molecule has 2 N–H and O–H groups in total. The third-order valence-corrected chi connectivity index (χ3v) is 6.13. The second kappa shape index (κ2) is 12.4. The standard InChI is InChI=1S/C28H23F8N3O2/c1-41-23-12-19(7-8-22(23)30)27(13-17-5-3-2-4-6-17,39-25(40)38-16-26(33,34)15-37)20-9-18(10-21(29)11-20)14-28(35,36)24(31)32/h2-12,24H,13-14,16H2,1H3,(H2,38,39,40)/t27-/m1/s1. The average molecular weight is 585 g/mol. The molecule has 0 heterocycles. The number of nitrogens with one attached hydrogen (secondary N) is 2. The predicted octanol–water partition coefficient (Wildman–Crippen LogP) is 6.36. The van der Waals surface area contributed by atoms with Crippen LogP contribution in [0.5, 0.6) is 5.75 Å². The van der Waals surface area contributed by atoms with Crippen LogP contribution < -0.4 is 15.4 Å². The maximum atomic E-state index is 14.9. The molecule has 0 aromatic heterocycles. The van der Waals surface area contributed by atoms with Crippen molar-refractivity contribution in [3.63, 3.8) is 0 Å². The summed E-state index contributed by atoms with van der Waals surface area (Å²) >= 11 is 0. The topological polar surface area (TPSA) is 74.2 Å². The van der Waals surface area contributed by atoms with Gasteiger partial charge in [0.2, 0.25) is 0 Å². The van der Waals surface area contributed by atoms with Gasteiger partial charge in [-0.05, 0) is 46.5 Å². The minimum atomic E-state index is -4.53. The van der Waals surface area contributed by atoms with E-state index in [1.165, 1.54) is 6.07 Å². The van der Waals surface area contributed by atoms with E-state index in [4.69, 9.17) is 10.00 Å². The highest BCUT2D eigenvalue weighted by Gasteiger charge is 2.42. The number of nitriles is 1. The van der Waals surface area contributed by atoms with Crippen LogP contribution in [0.25, 0.3) is 0 Å². The van der Waals surface area contributed by atoms with E-state index in [1.807, 2.05) is 5.32 Å². The van der Waals surface area contributed by atoms with Crippen molar-refractivity contribution in [3.05, 3.63) is 101 Å². The van der Waals surface area contributed by atoms with Crippen molar-refractivity contribution in [1.82, 2.24) is 10.6 Å². The average Bonchev–Trinajstić information content (AvgIpc) is 2.91. The highest BCUT2D eigenvalue weighted by molar-refractivity contribution is 5.76. The Morgan fingerprint density at radius 3 is 2.22 bits per heavy atom. The molecule has 13 heteroatoms. The van der Waals surface area contributed by atoms with E-state index >= 15 is 0 Å². The number of halogens is 8. The fourth-order valence-corrected chi connectivity index (χ4v) is 4.20. The second-order valence-corrected chi connectivity index (χ2v) is 9.13. The number of benzene rings is 3. The Labute approximate surface area is 229 Å². The lowest BCUT2D eigenvalue weighted by Crippen LogP contribution is -2.53. The third kappa shape index (κ3) is 7.65. The van der Waals surface area contributed by atoms with E-state index in [0.29, 0.717) is 17.7 Å². The van der Waals surface area contributed by atoms with Crippen LogP contribution in [0.2, 0.25) is 0 Å². The SMILES string of the molecule is COc1cc([C@@](Cc2ccccc2)(NC(=O)NCC(F)(F)C#N)c2cc(F)cc(CC(F)(F)C(F)F)c2)ccc1F. The number of hydrogen-bond donors (Lipinski definition) is 2. The quantitative estimate of drug-likeness (QED) is 0.257. The van der Waals surface area contributed by atoms with Gasteiger partial charge in [-0.3, -0.25) is 0 Å². The van der Waals surface area contributed by atoms with Gasteiger partial charge in [0.25, 0.3) is 0 Å². The minimum Gasteiger partial charge on any atom is -0.494 e. The zero-order valence-corrected chi connectivity index (χ0v) is 21.3. The number of rotatable bonds is 11. The number of methoxy groups -OCH3 is 1. The summed E-state index contributed by atoms with van der Waals surface area (Å²) in [6, 6.07) is 13.1. The number of ether oxygens (including phenoxy) is 1. The van der Waals surface area contributed by atoms with Crippen LogP contribution in [0.3, 0.4) is 0 Å². The number of carbonyl (C=O) groups excluding carboxylic acids is 1. The summed E-state index contributed by atoms with van der Waals surface area (Å²) in [5.74, 6) is -10.8. The molecule has 3 aromatic rings. The van der Waals surface area contributed by atoms with Gasteiger partial charge in [-0.25, -0.2) is 22.4 Å². The van der Waals surface area contributed by atoms with Gasteiger partial charge in [-0.2, -0.15) is 22.8 Å². The molecule has 0 aliphatic carbocycles. The van der Waals surface area contributed by atoms with Crippen LogP contribution >= 0.6 is 0 Å². The van der Waals surface area contributed by atoms with Gasteiger partial charge in [-0.1, -0.05) is 42.5 Å². The molecule has 0 fully saturated rings. The number of hydrogen-bond acceptors (Lipinski definition) is 3. The summed E-state index contributed by atoms with van der Waals surface area (Å²) in [5.41, 5.74) is -2.35. The Kier molecular flexibility index (Phi) is 9.47. The van der Waals surface area contributed by atoms with Crippen molar-refractivity contribution < 1.29 is 44.7 Å². The van der Waals surface area contributed by atoms with E-state index < -0.39 is 60.0 Å². The second-order valence-electron chi connectivity index (χ2n) is 9.13. The lowest BCUT2D eigenvalue weighted by atomic mass is 9.77. The first-order valence-corrected chi connectivity index (χ1v) is 11.9. The van der Waals surface area contributed by atoms with E-state index in [2.05, 4.69) is 5.32 Å². The fourth-order valence-electron chi connectivity index (χ4n) is 4.20. The number of alkyl halides is 6. The van der Waals surface area contributed by atoms with Crippen LogP contribution in [0.15, 0.2) is 66.7 Å². The van der Waals surface area contributed by atoms with E-state index in [0.717, 1.165) is 31.4 Å². The fraction of sp³-hybridized carbons (Fsp3) is 0.286. The number of amides is 2. The van der Waals surface area contributed by atoms with Gasteiger partial charge in [0.05, 0.1) is 19.2 Å². The molecule has 218 valence electrons. The molecule has 0 saturated carbocycles. The molecule has 0 unspecified atom stereocenters. The van der Waals surface area contributed by atoms with Crippen molar-refractivity contribution in [2.45, 2.75) is 36.7 Å². The lowest BCUT2D eigenvalue weighted by Gasteiger charge is -2.37. The van der Waals surface area contributed by atoms with Crippen molar-refractivity contribution in [3.8, 4) is 11.8 Å². The summed E-state index contributed by atoms with van der Waals surface area (Å²) in [6.07, 6.45) is -5.90. The number of urea groups is 1. The molecule has 0 bridgehead atoms. The Morgan fingerprint density at radius 2 is 1.61 bits per heavy atom. The molecule has 41 heavy (non-hydrogen) atoms. The zero-order valence-electron chi connectivity index (χ0n) is 21.3. The van der Waals surface area contributed by atoms with Gasteiger partial charge >= 0.3 is 24.3 Å². The Bertz CT molecular complexity index is 1410. The molecule has 0 saturated heterocycles. The van der Waals surface area contributed by atoms with Crippen LogP contribution in [0.1, 0.15) is 22.3 Å². The number of carbonyl (C=O) groups is 1. The molecule has 0 spiro atoms. The summed E-state index contributed by atoms with van der Waals surface area (Å²) in [6.45, 7) is -1.42. The Morgan fingerprint density at radius 1 is 0.927 bits per heavy atom. The van der Waals surface area contributed by atoms with Gasteiger partial charge in [-0.15, -0.1) is 0 Å². The van der Waals surface area contributed by atoms with Gasteiger partial charge in [0, 0.05) is 12.8 Å². The molecule has 0 aliphatic rings. The summed E-state index contributed by atoms with van der Waals surface area (Å²) in [7, 11) is 1.14. The van der Waals surface area contributed by atoms with E-state index in [1.54, 1.807) is 30.3 Å². The molecular weight excluding hydrogens is 562 g/mol. The summed E-state index contributed by atoms with van der Waals surface area (Å²) in [5, 5.41) is 12.9. The van der Waals surface area contributed by atoms with E-state index in [9.17, 15) is 39.9 Å². The summed E-state index contributed by atoms with van der Waals surface area (Å²) in [4.78, 5) is 13.0. The highest BCUT2D eigenvalue weighted by Crippen LogP contribution is 2.38. The molecule has 0 radical (unpaired) electrons. The van der Waals surface area contributed by atoms with Crippen LogP contribution in [-0.2, 0) is 18.4 Å². The van der Waals surface area contributed by atoms with Gasteiger partial charge < -0.3 is 15.4 Å². The smallest absolute Gasteiger partial charge is 0.348 e. The molecule has 3 rings (SSSR count). The Hall–Kier alpha value is -4.34. The van der Waals surface area contributed by atoms with Gasteiger partial charge in [0.15, 0.2) is 11.6 Å². The lowest BCUT2D eigenvalue weighted by molar-refractivity contribution is -0.127. The molecule has 0 aliphatic heterocycles. The largest absolute Gasteiger partial charge is 0.494 e. The van der Waals surface area contributed by atoms with Crippen LogP contribution in [0.4, 0.5) is 39.9 Å². The first kappa shape index (κ1) is 31.2. The molecule has 3 aromatic carbocycles. The normalized spacial score (nSPS) is 13.3. The zero-order chi connectivity index (χ0) is 30.4. The third-order valence-electron chi connectivity index (χ3n) is 6.13. The molecule has 5 nitrogen and oxygen atoms in total. The molecular formula is C28H23F8N3O2. The van der Waals surface area contributed by atoms with Gasteiger partial charge in [0.1, 0.15) is 11.9 Å². The summed E-state index contributed by atoms with van der Waals surface area (Å²) < 4.78 is 115. The highest BCUT2D eigenvalue weighted by atomic mass is 19.3. The first-order valence-electron chi connectivity index (χ1n) is 11.9. The first-order chi connectivity index (χ1) is 19.2. The van der Waals surface area contributed by atoms with Crippen molar-refractivity contribution in [2.24, 2.45) is 0 Å². The predicted molar refractivity (Wildman–Crippen MR) is 132 cm³/mol. The monoisotopic (exact) mass is 585 g/mol.